The second-order valence-corrected chi connectivity index (χ2v) is 3.24. The number of hydrogen-bond acceptors (Lipinski definition) is 4. The molecule has 1 heterocycles. The number of nitrogens with two attached hydrogens (primary N) is 1. The standard InChI is InChI=1S/C8H15N3O/c1-6-4-10-12-8(6)7(9)5-11(2)3/h4,7H,5,9H2,1-3H3. The Balaban J connectivity index is 2.65. The second kappa shape index (κ2) is 3.69. The van der Waals surface area contributed by atoms with Crippen molar-refractivity contribution in [3.8, 4) is 0 Å². The number of aryl methyl sites for hydroxylation is 1. The van der Waals surface area contributed by atoms with Crippen molar-refractivity contribution in [2.75, 3.05) is 20.6 Å². The Labute approximate surface area is 72.3 Å². The van der Waals surface area contributed by atoms with Gasteiger partial charge in [0, 0.05) is 12.1 Å². The molecule has 4 heteroatoms. The van der Waals surface area contributed by atoms with Crippen molar-refractivity contribution in [1.82, 2.24) is 10.1 Å². The quantitative estimate of drug-likeness (QED) is 0.717. The zero-order chi connectivity index (χ0) is 9.14. The average molecular weight is 169 g/mol. The Kier molecular flexibility index (Phi) is 2.83. The summed E-state index contributed by atoms with van der Waals surface area (Å²) in [7, 11) is 3.96. The van der Waals surface area contributed by atoms with Gasteiger partial charge in [-0.05, 0) is 21.0 Å². The Hall–Kier alpha value is -0.870. The summed E-state index contributed by atoms with van der Waals surface area (Å²) < 4.78 is 5.03. The highest BCUT2D eigenvalue weighted by Crippen LogP contribution is 2.14. The molecule has 0 bridgehead atoms. The molecule has 2 N–H and O–H groups in total. The molecule has 0 spiro atoms. The van der Waals surface area contributed by atoms with E-state index in [1.807, 2.05) is 25.9 Å². The van der Waals surface area contributed by atoms with Crippen LogP contribution in [-0.2, 0) is 0 Å². The molecule has 1 aromatic heterocycles. The van der Waals surface area contributed by atoms with E-state index in [0.717, 1.165) is 17.9 Å². The van der Waals surface area contributed by atoms with Crippen LogP contribution in [-0.4, -0.2) is 30.7 Å². The third-order valence-electron chi connectivity index (χ3n) is 1.68. The maximum atomic E-state index is 5.87. The lowest BCUT2D eigenvalue weighted by atomic mass is 10.1. The van der Waals surface area contributed by atoms with Gasteiger partial charge in [-0.15, -0.1) is 0 Å². The number of hydrogen-bond donors (Lipinski definition) is 1. The molecule has 1 rings (SSSR count). The first-order valence-corrected chi connectivity index (χ1v) is 3.92. The summed E-state index contributed by atoms with van der Waals surface area (Å²) in [5, 5.41) is 3.68. The minimum atomic E-state index is -0.0810. The molecule has 0 aromatic carbocycles. The minimum absolute atomic E-state index is 0.0810. The van der Waals surface area contributed by atoms with E-state index in [2.05, 4.69) is 5.16 Å². The Morgan fingerprint density at radius 2 is 2.33 bits per heavy atom. The third kappa shape index (κ3) is 2.06. The molecule has 0 saturated heterocycles. The summed E-state index contributed by atoms with van der Waals surface area (Å²) in [6, 6.07) is -0.0810. The van der Waals surface area contributed by atoms with E-state index in [0.29, 0.717) is 0 Å². The molecule has 4 nitrogen and oxygen atoms in total. The number of aromatic nitrogens is 1. The van der Waals surface area contributed by atoms with Crippen LogP contribution in [0.4, 0.5) is 0 Å². The lowest BCUT2D eigenvalue weighted by molar-refractivity contribution is 0.311. The van der Waals surface area contributed by atoms with Crippen LogP contribution in [0, 0.1) is 6.92 Å². The van der Waals surface area contributed by atoms with E-state index >= 15 is 0 Å². The van der Waals surface area contributed by atoms with Gasteiger partial charge in [0.1, 0.15) is 0 Å². The lowest BCUT2D eigenvalue weighted by Crippen LogP contribution is -2.26. The van der Waals surface area contributed by atoms with Gasteiger partial charge in [-0.3, -0.25) is 0 Å². The van der Waals surface area contributed by atoms with Crippen molar-refractivity contribution in [3.63, 3.8) is 0 Å². The van der Waals surface area contributed by atoms with Gasteiger partial charge in [-0.1, -0.05) is 5.16 Å². The van der Waals surface area contributed by atoms with Gasteiger partial charge in [0.25, 0.3) is 0 Å². The van der Waals surface area contributed by atoms with Crippen LogP contribution < -0.4 is 5.73 Å². The highest BCUT2D eigenvalue weighted by molar-refractivity contribution is 5.14. The van der Waals surface area contributed by atoms with Crippen LogP contribution in [0.5, 0.6) is 0 Å². The van der Waals surface area contributed by atoms with Gasteiger partial charge in [0.05, 0.1) is 12.2 Å². The van der Waals surface area contributed by atoms with Gasteiger partial charge in [0.15, 0.2) is 5.76 Å². The van der Waals surface area contributed by atoms with Crippen LogP contribution in [0.25, 0.3) is 0 Å². The van der Waals surface area contributed by atoms with E-state index in [-0.39, 0.29) is 6.04 Å². The number of rotatable bonds is 3. The lowest BCUT2D eigenvalue weighted by Gasteiger charge is -2.14. The molecular formula is C8H15N3O. The summed E-state index contributed by atoms with van der Waals surface area (Å²) in [5.74, 6) is 0.781. The molecular weight excluding hydrogens is 154 g/mol. The normalized spacial score (nSPS) is 13.8. The number of nitrogens with zero attached hydrogens (tertiary/aromatic N) is 2. The van der Waals surface area contributed by atoms with Crippen LogP contribution in [0.15, 0.2) is 10.7 Å². The van der Waals surface area contributed by atoms with Crippen molar-refractivity contribution in [1.29, 1.82) is 0 Å². The smallest absolute Gasteiger partial charge is 0.157 e. The maximum Gasteiger partial charge on any atom is 0.157 e. The van der Waals surface area contributed by atoms with Crippen molar-refractivity contribution in [2.45, 2.75) is 13.0 Å². The van der Waals surface area contributed by atoms with E-state index in [1.54, 1.807) is 6.20 Å². The molecule has 0 aliphatic heterocycles. The largest absolute Gasteiger partial charge is 0.359 e. The SMILES string of the molecule is Cc1cnoc1C(N)CN(C)C. The first-order valence-electron chi connectivity index (χ1n) is 3.92. The zero-order valence-corrected chi connectivity index (χ0v) is 7.74. The Morgan fingerprint density at radius 1 is 1.67 bits per heavy atom. The maximum absolute atomic E-state index is 5.87. The first-order chi connectivity index (χ1) is 5.61. The topological polar surface area (TPSA) is 55.3 Å². The molecule has 0 aliphatic rings. The van der Waals surface area contributed by atoms with Gasteiger partial charge in [-0.25, -0.2) is 0 Å². The highest BCUT2D eigenvalue weighted by atomic mass is 16.5. The van der Waals surface area contributed by atoms with Crippen molar-refractivity contribution >= 4 is 0 Å². The van der Waals surface area contributed by atoms with Crippen LogP contribution in [0.2, 0.25) is 0 Å². The van der Waals surface area contributed by atoms with Crippen LogP contribution in [0.1, 0.15) is 17.4 Å². The molecule has 1 atom stereocenters. The summed E-state index contributed by atoms with van der Waals surface area (Å²) in [6.07, 6.45) is 1.69. The molecule has 1 aromatic rings. The van der Waals surface area contributed by atoms with E-state index in [1.165, 1.54) is 0 Å². The van der Waals surface area contributed by atoms with E-state index < -0.39 is 0 Å². The Morgan fingerprint density at radius 3 is 2.75 bits per heavy atom. The third-order valence-corrected chi connectivity index (χ3v) is 1.68. The molecule has 0 saturated carbocycles. The van der Waals surface area contributed by atoms with E-state index in [9.17, 15) is 0 Å². The fourth-order valence-corrected chi connectivity index (χ4v) is 1.13. The predicted molar refractivity (Wildman–Crippen MR) is 46.7 cm³/mol. The molecule has 12 heavy (non-hydrogen) atoms. The molecule has 0 amide bonds. The number of likely N-dealkylation sites (N-methyl/N-ethyl adjacent to an activating group) is 1. The molecule has 0 fully saturated rings. The summed E-state index contributed by atoms with van der Waals surface area (Å²) in [6.45, 7) is 2.72. The molecule has 68 valence electrons. The van der Waals surface area contributed by atoms with Crippen LogP contribution >= 0.6 is 0 Å². The van der Waals surface area contributed by atoms with Gasteiger partial charge >= 0.3 is 0 Å². The highest BCUT2D eigenvalue weighted by Gasteiger charge is 2.13. The van der Waals surface area contributed by atoms with Crippen molar-refractivity contribution in [2.24, 2.45) is 5.73 Å². The van der Waals surface area contributed by atoms with Crippen molar-refractivity contribution in [3.05, 3.63) is 17.5 Å². The zero-order valence-electron chi connectivity index (χ0n) is 7.74. The molecule has 1 unspecified atom stereocenters. The second-order valence-electron chi connectivity index (χ2n) is 3.24. The van der Waals surface area contributed by atoms with Gasteiger partial charge in [-0.2, -0.15) is 0 Å². The average Bonchev–Trinajstić information content (AvgIpc) is 2.33. The Bertz CT molecular complexity index is 244. The molecule has 0 radical (unpaired) electrons. The molecule has 0 aliphatic carbocycles. The monoisotopic (exact) mass is 169 g/mol. The van der Waals surface area contributed by atoms with E-state index in [4.69, 9.17) is 10.3 Å². The van der Waals surface area contributed by atoms with Gasteiger partial charge < -0.3 is 15.2 Å². The summed E-state index contributed by atoms with van der Waals surface area (Å²) in [4.78, 5) is 2.02. The summed E-state index contributed by atoms with van der Waals surface area (Å²) in [5.41, 5.74) is 6.88. The predicted octanol–water partition coefficient (Wildman–Crippen LogP) is 0.544. The fourth-order valence-electron chi connectivity index (χ4n) is 1.13. The first kappa shape index (κ1) is 9.22. The fraction of sp³-hybridized carbons (Fsp3) is 0.625. The van der Waals surface area contributed by atoms with Gasteiger partial charge in [0.2, 0.25) is 0 Å². The minimum Gasteiger partial charge on any atom is -0.359 e. The summed E-state index contributed by atoms with van der Waals surface area (Å²) >= 11 is 0. The van der Waals surface area contributed by atoms with Crippen LogP contribution in [0.3, 0.4) is 0 Å². The van der Waals surface area contributed by atoms with Crippen molar-refractivity contribution < 1.29 is 4.52 Å².